The molecule has 0 spiro atoms. The third kappa shape index (κ3) is 3.09. The molecule has 3 aromatic heterocycles. The first-order valence-corrected chi connectivity index (χ1v) is 8.59. The second-order valence-electron chi connectivity index (χ2n) is 6.44. The summed E-state index contributed by atoms with van der Waals surface area (Å²) < 4.78 is 1.96. The van der Waals surface area contributed by atoms with E-state index >= 15 is 0 Å². The van der Waals surface area contributed by atoms with Gasteiger partial charge in [0.1, 0.15) is 5.82 Å². The third-order valence-electron chi connectivity index (χ3n) is 4.81. The van der Waals surface area contributed by atoms with E-state index in [0.717, 1.165) is 54.4 Å². The predicted molar refractivity (Wildman–Crippen MR) is 95.2 cm³/mol. The molecule has 7 heteroatoms. The molecule has 0 radical (unpaired) electrons. The van der Waals surface area contributed by atoms with E-state index in [1.54, 1.807) is 18.6 Å². The van der Waals surface area contributed by atoms with E-state index in [9.17, 15) is 0 Å². The van der Waals surface area contributed by atoms with Crippen molar-refractivity contribution in [3.05, 3.63) is 48.2 Å². The summed E-state index contributed by atoms with van der Waals surface area (Å²) in [4.78, 5) is 16.0. The van der Waals surface area contributed by atoms with Crippen LogP contribution in [0.5, 0.6) is 0 Å². The quantitative estimate of drug-likeness (QED) is 0.732. The van der Waals surface area contributed by atoms with Crippen LogP contribution in [-0.2, 0) is 0 Å². The van der Waals surface area contributed by atoms with Gasteiger partial charge in [0.05, 0.1) is 12.2 Å². The largest absolute Gasteiger partial charge is 0.354 e. The molecule has 1 fully saturated rings. The van der Waals surface area contributed by atoms with E-state index in [1.165, 1.54) is 0 Å². The summed E-state index contributed by atoms with van der Waals surface area (Å²) >= 11 is 0. The predicted octanol–water partition coefficient (Wildman–Crippen LogP) is 2.59. The van der Waals surface area contributed by atoms with Crippen molar-refractivity contribution in [2.45, 2.75) is 32.7 Å². The summed E-state index contributed by atoms with van der Waals surface area (Å²) in [5.41, 5.74) is 3.14. The molecule has 0 amide bonds. The van der Waals surface area contributed by atoms with Gasteiger partial charge >= 0.3 is 0 Å². The van der Waals surface area contributed by atoms with Gasteiger partial charge in [0, 0.05) is 48.5 Å². The first-order valence-electron chi connectivity index (χ1n) is 8.59. The second kappa shape index (κ2) is 6.58. The lowest BCUT2D eigenvalue weighted by Crippen LogP contribution is -2.38. The maximum Gasteiger partial charge on any atom is 0.161 e. The Balaban J connectivity index is 1.68. The molecule has 0 aliphatic carbocycles. The molecule has 3 aromatic rings. The SMILES string of the molecule is Cc1nc(-c2ccncc2)nc(N2CCCC(n3ccnn3)C2)c1C. The van der Waals surface area contributed by atoms with Crippen LogP contribution in [0.3, 0.4) is 0 Å². The number of pyridine rings is 1. The zero-order valence-electron chi connectivity index (χ0n) is 14.5. The lowest BCUT2D eigenvalue weighted by atomic mass is 10.0. The molecule has 1 atom stereocenters. The van der Waals surface area contributed by atoms with Gasteiger partial charge in [0.15, 0.2) is 5.82 Å². The van der Waals surface area contributed by atoms with Gasteiger partial charge in [0.25, 0.3) is 0 Å². The van der Waals surface area contributed by atoms with E-state index in [-0.39, 0.29) is 0 Å². The molecule has 1 aliphatic rings. The number of hydrogen-bond acceptors (Lipinski definition) is 6. The number of rotatable bonds is 3. The van der Waals surface area contributed by atoms with Gasteiger partial charge in [-0.3, -0.25) is 4.98 Å². The Bertz CT molecular complexity index is 845. The van der Waals surface area contributed by atoms with E-state index in [4.69, 9.17) is 4.98 Å². The molecular formula is C18H21N7. The molecule has 0 bridgehead atoms. The summed E-state index contributed by atoms with van der Waals surface area (Å²) in [5.74, 6) is 1.77. The lowest BCUT2D eigenvalue weighted by Gasteiger charge is -2.34. The number of aryl methyl sites for hydroxylation is 1. The Morgan fingerprint density at radius 1 is 1.08 bits per heavy atom. The molecule has 0 aromatic carbocycles. The summed E-state index contributed by atoms with van der Waals surface area (Å²) in [6.07, 6.45) is 9.44. The highest BCUT2D eigenvalue weighted by atomic mass is 15.4. The highest BCUT2D eigenvalue weighted by molar-refractivity contribution is 5.60. The van der Waals surface area contributed by atoms with Crippen LogP contribution in [0.15, 0.2) is 36.9 Å². The molecule has 0 N–H and O–H groups in total. The molecule has 7 nitrogen and oxygen atoms in total. The zero-order valence-corrected chi connectivity index (χ0v) is 14.5. The van der Waals surface area contributed by atoms with Crippen molar-refractivity contribution in [1.29, 1.82) is 0 Å². The fourth-order valence-electron chi connectivity index (χ4n) is 3.33. The molecule has 1 aliphatic heterocycles. The minimum Gasteiger partial charge on any atom is -0.354 e. The van der Waals surface area contributed by atoms with Crippen molar-refractivity contribution >= 4 is 5.82 Å². The number of piperidine rings is 1. The molecule has 4 rings (SSSR count). The van der Waals surface area contributed by atoms with E-state index in [1.807, 2.05) is 29.9 Å². The van der Waals surface area contributed by atoms with Crippen molar-refractivity contribution in [1.82, 2.24) is 29.9 Å². The standard InChI is InChI=1S/C18H21N7/c1-13-14(2)21-17(15-5-7-19-8-6-15)22-18(13)24-10-3-4-16(12-24)25-11-9-20-23-25/h5-9,11,16H,3-4,10,12H2,1-2H3. The van der Waals surface area contributed by atoms with Gasteiger partial charge < -0.3 is 4.90 Å². The van der Waals surface area contributed by atoms with Crippen LogP contribution in [0.25, 0.3) is 11.4 Å². The monoisotopic (exact) mass is 335 g/mol. The minimum absolute atomic E-state index is 0.329. The summed E-state index contributed by atoms with van der Waals surface area (Å²) in [5, 5.41) is 8.12. The van der Waals surface area contributed by atoms with Crippen molar-refractivity contribution in [3.8, 4) is 11.4 Å². The van der Waals surface area contributed by atoms with Crippen molar-refractivity contribution < 1.29 is 0 Å². The molecular weight excluding hydrogens is 314 g/mol. The summed E-state index contributed by atoms with van der Waals surface area (Å²) in [7, 11) is 0. The topological polar surface area (TPSA) is 72.6 Å². The van der Waals surface area contributed by atoms with Crippen molar-refractivity contribution in [2.24, 2.45) is 0 Å². The molecule has 4 heterocycles. The highest BCUT2D eigenvalue weighted by Gasteiger charge is 2.25. The van der Waals surface area contributed by atoms with Gasteiger partial charge in [-0.25, -0.2) is 14.6 Å². The average Bonchev–Trinajstić information content (AvgIpc) is 3.19. The van der Waals surface area contributed by atoms with Gasteiger partial charge in [-0.05, 0) is 38.8 Å². The Labute approximate surface area is 146 Å². The maximum absolute atomic E-state index is 4.88. The lowest BCUT2D eigenvalue weighted by molar-refractivity contribution is 0.367. The van der Waals surface area contributed by atoms with Gasteiger partial charge in [0.2, 0.25) is 0 Å². The minimum atomic E-state index is 0.329. The Kier molecular flexibility index (Phi) is 4.13. The Morgan fingerprint density at radius 3 is 2.68 bits per heavy atom. The van der Waals surface area contributed by atoms with Crippen LogP contribution in [0, 0.1) is 13.8 Å². The number of nitrogens with zero attached hydrogens (tertiary/aromatic N) is 7. The molecule has 1 saturated heterocycles. The Morgan fingerprint density at radius 2 is 1.92 bits per heavy atom. The number of hydrogen-bond donors (Lipinski definition) is 0. The van der Waals surface area contributed by atoms with Crippen LogP contribution in [0.2, 0.25) is 0 Å². The summed E-state index contributed by atoms with van der Waals surface area (Å²) in [6.45, 7) is 6.03. The second-order valence-corrected chi connectivity index (χ2v) is 6.44. The zero-order chi connectivity index (χ0) is 17.2. The fourth-order valence-corrected chi connectivity index (χ4v) is 3.33. The van der Waals surface area contributed by atoms with E-state index < -0.39 is 0 Å². The van der Waals surface area contributed by atoms with Crippen molar-refractivity contribution in [3.63, 3.8) is 0 Å². The van der Waals surface area contributed by atoms with E-state index in [2.05, 4.69) is 32.1 Å². The van der Waals surface area contributed by atoms with Gasteiger partial charge in [-0.2, -0.15) is 0 Å². The molecule has 25 heavy (non-hydrogen) atoms. The van der Waals surface area contributed by atoms with Crippen molar-refractivity contribution in [2.75, 3.05) is 18.0 Å². The first kappa shape index (κ1) is 15.7. The molecule has 1 unspecified atom stereocenters. The number of anilines is 1. The van der Waals surface area contributed by atoms with Crippen LogP contribution >= 0.6 is 0 Å². The third-order valence-corrected chi connectivity index (χ3v) is 4.81. The number of aromatic nitrogens is 6. The first-order chi connectivity index (χ1) is 12.2. The van der Waals surface area contributed by atoms with E-state index in [0.29, 0.717) is 6.04 Å². The normalized spacial score (nSPS) is 17.7. The van der Waals surface area contributed by atoms with Crippen LogP contribution in [-0.4, -0.2) is 43.0 Å². The van der Waals surface area contributed by atoms with Gasteiger partial charge in [-0.15, -0.1) is 5.10 Å². The van der Waals surface area contributed by atoms with Crippen LogP contribution < -0.4 is 4.90 Å². The summed E-state index contributed by atoms with van der Waals surface area (Å²) in [6, 6.07) is 4.22. The fraction of sp³-hybridized carbons (Fsp3) is 0.389. The average molecular weight is 335 g/mol. The maximum atomic E-state index is 4.88. The smallest absolute Gasteiger partial charge is 0.161 e. The Hall–Kier alpha value is -2.83. The van der Waals surface area contributed by atoms with Crippen LogP contribution in [0.4, 0.5) is 5.82 Å². The van der Waals surface area contributed by atoms with Crippen LogP contribution in [0.1, 0.15) is 30.1 Å². The molecule has 0 saturated carbocycles. The van der Waals surface area contributed by atoms with Gasteiger partial charge in [-0.1, -0.05) is 5.21 Å². The highest BCUT2D eigenvalue weighted by Crippen LogP contribution is 2.29. The molecule has 128 valence electrons.